The van der Waals surface area contributed by atoms with Crippen molar-refractivity contribution < 1.29 is 18.7 Å². The number of carbonyl (C=O) groups is 1. The fourth-order valence-electron chi connectivity index (χ4n) is 2.05. The highest BCUT2D eigenvalue weighted by atomic mass is 19.1. The number of anilines is 1. The summed E-state index contributed by atoms with van der Waals surface area (Å²) < 4.78 is 24.0. The molecule has 0 fully saturated rings. The van der Waals surface area contributed by atoms with Gasteiger partial charge in [0.25, 0.3) is 0 Å². The number of ether oxygens (including phenoxy) is 2. The van der Waals surface area contributed by atoms with E-state index < -0.39 is 11.7 Å². The van der Waals surface area contributed by atoms with Crippen LogP contribution in [0.2, 0.25) is 0 Å². The molecule has 5 nitrogen and oxygen atoms in total. The lowest BCUT2D eigenvalue weighted by molar-refractivity contribution is 0.0526. The third-order valence-electron chi connectivity index (χ3n) is 3.00. The van der Waals surface area contributed by atoms with Crippen molar-refractivity contribution in [3.8, 4) is 0 Å². The number of hydrogen-bond acceptors (Lipinski definition) is 4. The first-order valence-corrected chi connectivity index (χ1v) is 7.78. The lowest BCUT2D eigenvalue weighted by Gasteiger charge is -2.21. The summed E-state index contributed by atoms with van der Waals surface area (Å²) in [5, 5.41) is 5.84. The van der Waals surface area contributed by atoms with Crippen molar-refractivity contribution in [3.05, 3.63) is 30.1 Å². The summed E-state index contributed by atoms with van der Waals surface area (Å²) in [6, 6.07) is 6.50. The van der Waals surface area contributed by atoms with E-state index in [4.69, 9.17) is 9.47 Å². The van der Waals surface area contributed by atoms with Crippen LogP contribution < -0.4 is 10.6 Å². The zero-order chi connectivity index (χ0) is 17.3. The van der Waals surface area contributed by atoms with Gasteiger partial charge >= 0.3 is 6.09 Å². The maximum atomic E-state index is 13.7. The van der Waals surface area contributed by atoms with E-state index in [9.17, 15) is 9.18 Å². The Morgan fingerprint density at radius 3 is 2.61 bits per heavy atom. The van der Waals surface area contributed by atoms with Gasteiger partial charge in [-0.1, -0.05) is 12.1 Å². The zero-order valence-electron chi connectivity index (χ0n) is 14.3. The molecule has 0 spiro atoms. The summed E-state index contributed by atoms with van der Waals surface area (Å²) in [7, 11) is 1.61. The van der Waals surface area contributed by atoms with Gasteiger partial charge in [0, 0.05) is 19.7 Å². The zero-order valence-corrected chi connectivity index (χ0v) is 14.3. The Kier molecular flexibility index (Phi) is 7.81. The quantitative estimate of drug-likeness (QED) is 0.717. The van der Waals surface area contributed by atoms with Crippen molar-refractivity contribution in [2.24, 2.45) is 0 Å². The van der Waals surface area contributed by atoms with Crippen LogP contribution in [0.25, 0.3) is 0 Å². The minimum absolute atomic E-state index is 0.0302. The Morgan fingerprint density at radius 2 is 2.00 bits per heavy atom. The van der Waals surface area contributed by atoms with Crippen molar-refractivity contribution in [3.63, 3.8) is 0 Å². The van der Waals surface area contributed by atoms with Gasteiger partial charge in [-0.2, -0.15) is 0 Å². The Morgan fingerprint density at radius 1 is 1.30 bits per heavy atom. The summed E-state index contributed by atoms with van der Waals surface area (Å²) >= 11 is 0. The number of halogens is 1. The largest absolute Gasteiger partial charge is 0.444 e. The minimum atomic E-state index is -0.505. The van der Waals surface area contributed by atoms with Gasteiger partial charge in [0.15, 0.2) is 0 Å². The molecule has 130 valence electrons. The Labute approximate surface area is 137 Å². The lowest BCUT2D eigenvalue weighted by atomic mass is 10.1. The molecule has 1 amide bonds. The first-order valence-electron chi connectivity index (χ1n) is 7.78. The molecule has 0 heterocycles. The van der Waals surface area contributed by atoms with Gasteiger partial charge in [0.2, 0.25) is 0 Å². The van der Waals surface area contributed by atoms with Crippen molar-refractivity contribution >= 4 is 11.8 Å². The van der Waals surface area contributed by atoms with Crippen molar-refractivity contribution in [2.45, 2.75) is 45.3 Å². The Bertz CT molecular complexity index is 489. The third-order valence-corrected chi connectivity index (χ3v) is 3.00. The molecule has 23 heavy (non-hydrogen) atoms. The van der Waals surface area contributed by atoms with Gasteiger partial charge in [0.1, 0.15) is 11.4 Å². The van der Waals surface area contributed by atoms with Crippen LogP contribution in [0.4, 0.5) is 14.9 Å². The number of benzene rings is 1. The van der Waals surface area contributed by atoms with Gasteiger partial charge < -0.3 is 20.1 Å². The molecule has 0 bridgehead atoms. The molecule has 1 aromatic carbocycles. The Hall–Kier alpha value is -1.82. The van der Waals surface area contributed by atoms with E-state index >= 15 is 0 Å². The normalized spacial score (nSPS) is 12.6. The average molecular weight is 326 g/mol. The molecule has 1 atom stereocenters. The van der Waals surface area contributed by atoms with Crippen molar-refractivity contribution in [1.29, 1.82) is 0 Å². The van der Waals surface area contributed by atoms with Gasteiger partial charge in [-0.15, -0.1) is 0 Å². The minimum Gasteiger partial charge on any atom is -0.444 e. The highest BCUT2D eigenvalue weighted by Crippen LogP contribution is 2.15. The van der Waals surface area contributed by atoms with Crippen molar-refractivity contribution in [1.82, 2.24) is 5.32 Å². The molecule has 0 saturated carbocycles. The van der Waals surface area contributed by atoms with Crippen LogP contribution in [0.15, 0.2) is 24.3 Å². The smallest absolute Gasteiger partial charge is 0.407 e. The SMILES string of the molecule is COCC(CCCNC(=O)OC(C)(C)C)Nc1ccccc1F. The van der Waals surface area contributed by atoms with Crippen LogP contribution in [0.5, 0.6) is 0 Å². The lowest BCUT2D eigenvalue weighted by Crippen LogP contribution is -2.34. The fraction of sp³-hybridized carbons (Fsp3) is 0.588. The van der Waals surface area contributed by atoms with Gasteiger partial charge in [-0.05, 0) is 45.7 Å². The summed E-state index contributed by atoms with van der Waals surface area (Å²) in [5.41, 5.74) is -0.0515. The molecular weight excluding hydrogens is 299 g/mol. The first kappa shape index (κ1) is 19.2. The summed E-state index contributed by atoms with van der Waals surface area (Å²) in [5.74, 6) is -0.291. The number of hydrogen-bond donors (Lipinski definition) is 2. The van der Waals surface area contributed by atoms with E-state index in [0.717, 1.165) is 12.8 Å². The second kappa shape index (κ2) is 9.35. The first-order chi connectivity index (χ1) is 10.8. The molecule has 0 saturated heterocycles. The second-order valence-corrected chi connectivity index (χ2v) is 6.35. The number of nitrogens with one attached hydrogen (secondary N) is 2. The maximum Gasteiger partial charge on any atom is 0.407 e. The number of para-hydroxylation sites is 1. The average Bonchev–Trinajstić information content (AvgIpc) is 2.44. The molecule has 1 rings (SSSR count). The topological polar surface area (TPSA) is 59.6 Å². The molecule has 0 aliphatic heterocycles. The molecule has 6 heteroatoms. The standard InChI is InChI=1S/C17H27FN2O3/c1-17(2,3)23-16(21)19-11-7-8-13(12-22-4)20-15-10-6-5-9-14(15)18/h5-6,9-10,13,20H,7-8,11-12H2,1-4H3,(H,19,21). The summed E-state index contributed by atoms with van der Waals surface area (Å²) in [6.07, 6.45) is 1.04. The van der Waals surface area contributed by atoms with Gasteiger partial charge in [-0.3, -0.25) is 0 Å². The molecule has 0 aromatic heterocycles. The number of carbonyl (C=O) groups excluding carboxylic acids is 1. The van der Waals surface area contributed by atoms with E-state index in [1.54, 1.807) is 25.3 Å². The summed E-state index contributed by atoms with van der Waals surface area (Å²) in [4.78, 5) is 11.5. The third kappa shape index (κ3) is 8.40. The van der Waals surface area contributed by atoms with Gasteiger partial charge in [-0.25, -0.2) is 9.18 Å². The van der Waals surface area contributed by atoms with Crippen LogP contribution in [0.3, 0.4) is 0 Å². The highest BCUT2D eigenvalue weighted by Gasteiger charge is 2.16. The van der Waals surface area contributed by atoms with Crippen LogP contribution in [0.1, 0.15) is 33.6 Å². The van der Waals surface area contributed by atoms with E-state index in [1.165, 1.54) is 6.07 Å². The number of alkyl carbamates (subject to hydrolysis) is 1. The van der Waals surface area contributed by atoms with E-state index in [0.29, 0.717) is 18.8 Å². The van der Waals surface area contributed by atoms with Crippen LogP contribution in [0, 0.1) is 5.82 Å². The molecule has 0 radical (unpaired) electrons. The predicted molar refractivity (Wildman–Crippen MR) is 89.2 cm³/mol. The molecule has 0 aliphatic carbocycles. The fourth-order valence-corrected chi connectivity index (χ4v) is 2.05. The van der Waals surface area contributed by atoms with Crippen LogP contribution in [-0.4, -0.2) is 38.0 Å². The predicted octanol–water partition coefficient (Wildman–Crippen LogP) is 3.56. The van der Waals surface area contributed by atoms with E-state index in [1.807, 2.05) is 20.8 Å². The second-order valence-electron chi connectivity index (χ2n) is 6.35. The maximum absolute atomic E-state index is 13.7. The van der Waals surface area contributed by atoms with Crippen LogP contribution in [-0.2, 0) is 9.47 Å². The Balaban J connectivity index is 2.36. The molecule has 1 aromatic rings. The number of methoxy groups -OCH3 is 1. The van der Waals surface area contributed by atoms with E-state index in [2.05, 4.69) is 10.6 Å². The summed E-state index contributed by atoms with van der Waals surface area (Å²) in [6.45, 7) is 6.41. The molecule has 1 unspecified atom stereocenters. The van der Waals surface area contributed by atoms with Gasteiger partial charge in [0.05, 0.1) is 12.3 Å². The molecule has 0 aliphatic rings. The molecular formula is C17H27FN2O3. The highest BCUT2D eigenvalue weighted by molar-refractivity contribution is 5.67. The van der Waals surface area contributed by atoms with E-state index in [-0.39, 0.29) is 11.9 Å². The van der Waals surface area contributed by atoms with Crippen molar-refractivity contribution in [2.75, 3.05) is 25.6 Å². The van der Waals surface area contributed by atoms with Crippen LogP contribution >= 0.6 is 0 Å². The number of amides is 1. The number of rotatable bonds is 8. The monoisotopic (exact) mass is 326 g/mol. The molecule has 2 N–H and O–H groups in total.